The molecule has 0 spiro atoms. The highest BCUT2D eigenvalue weighted by molar-refractivity contribution is 6.48. The zero-order chi connectivity index (χ0) is 19.6. The van der Waals surface area contributed by atoms with E-state index in [1.807, 2.05) is 0 Å². The van der Waals surface area contributed by atoms with Crippen LogP contribution < -0.4 is 0 Å². The van der Waals surface area contributed by atoms with Crippen LogP contribution in [0.3, 0.4) is 0 Å². The minimum atomic E-state index is -4.52. The monoisotopic (exact) mass is 431 g/mol. The maximum absolute atomic E-state index is 13.5. The summed E-state index contributed by atoms with van der Waals surface area (Å²) in [5, 5.41) is 3.96. The van der Waals surface area contributed by atoms with Crippen molar-refractivity contribution in [1.29, 1.82) is 0 Å². The standard InChI is InChI=1S/C18H11Cl3F3N3/c19-15-7-12(8-16(20)17(15)21)14(18(22,23)24)6-3-11-1-4-13(5-2-11)27-10-25-9-26-27/h1-10,14H/b6-3+. The lowest BCUT2D eigenvalue weighted by atomic mass is 9.97. The summed E-state index contributed by atoms with van der Waals surface area (Å²) < 4.78 is 42.1. The van der Waals surface area contributed by atoms with E-state index in [1.165, 1.54) is 30.9 Å². The minimum absolute atomic E-state index is 0.0238. The second-order valence-corrected chi connectivity index (χ2v) is 6.80. The van der Waals surface area contributed by atoms with Gasteiger partial charge in [-0.25, -0.2) is 9.67 Å². The molecular formula is C18H11Cl3F3N3. The molecule has 0 aliphatic carbocycles. The zero-order valence-corrected chi connectivity index (χ0v) is 15.7. The molecule has 0 N–H and O–H groups in total. The Kier molecular flexibility index (Phi) is 5.79. The van der Waals surface area contributed by atoms with E-state index >= 15 is 0 Å². The van der Waals surface area contributed by atoms with E-state index in [2.05, 4.69) is 10.1 Å². The number of hydrogen-bond acceptors (Lipinski definition) is 2. The van der Waals surface area contributed by atoms with Gasteiger partial charge in [-0.2, -0.15) is 18.3 Å². The highest BCUT2D eigenvalue weighted by atomic mass is 35.5. The predicted molar refractivity (Wildman–Crippen MR) is 101 cm³/mol. The lowest BCUT2D eigenvalue weighted by Gasteiger charge is -2.18. The maximum Gasteiger partial charge on any atom is 0.399 e. The third-order valence-corrected chi connectivity index (χ3v) is 4.97. The Morgan fingerprint density at radius 1 is 1.00 bits per heavy atom. The van der Waals surface area contributed by atoms with Crippen molar-refractivity contribution in [3.63, 3.8) is 0 Å². The lowest BCUT2D eigenvalue weighted by Crippen LogP contribution is -2.19. The van der Waals surface area contributed by atoms with Crippen molar-refractivity contribution in [3.05, 3.63) is 81.3 Å². The van der Waals surface area contributed by atoms with Crippen molar-refractivity contribution in [1.82, 2.24) is 14.8 Å². The molecule has 3 nitrogen and oxygen atoms in total. The topological polar surface area (TPSA) is 30.7 Å². The molecule has 0 fully saturated rings. The van der Waals surface area contributed by atoms with E-state index in [-0.39, 0.29) is 20.6 Å². The van der Waals surface area contributed by atoms with Crippen LogP contribution in [0.4, 0.5) is 13.2 Å². The van der Waals surface area contributed by atoms with Crippen molar-refractivity contribution < 1.29 is 13.2 Å². The largest absolute Gasteiger partial charge is 0.399 e. The van der Waals surface area contributed by atoms with Crippen LogP contribution in [0, 0.1) is 0 Å². The summed E-state index contributed by atoms with van der Waals surface area (Å²) in [6, 6.07) is 9.17. The van der Waals surface area contributed by atoms with Gasteiger partial charge < -0.3 is 0 Å². The van der Waals surface area contributed by atoms with Crippen LogP contribution in [0.1, 0.15) is 17.0 Å². The fraction of sp³-hybridized carbons (Fsp3) is 0.111. The zero-order valence-electron chi connectivity index (χ0n) is 13.5. The minimum Gasteiger partial charge on any atom is -0.223 e. The van der Waals surface area contributed by atoms with E-state index in [1.54, 1.807) is 28.9 Å². The first-order valence-corrected chi connectivity index (χ1v) is 8.73. The van der Waals surface area contributed by atoms with Crippen LogP contribution in [0.25, 0.3) is 11.8 Å². The summed E-state index contributed by atoms with van der Waals surface area (Å²) in [4.78, 5) is 3.84. The van der Waals surface area contributed by atoms with E-state index < -0.39 is 12.1 Å². The van der Waals surface area contributed by atoms with Crippen LogP contribution in [0.2, 0.25) is 15.1 Å². The summed E-state index contributed by atoms with van der Waals surface area (Å²) in [6.45, 7) is 0. The number of aromatic nitrogens is 3. The quantitative estimate of drug-likeness (QED) is 0.436. The number of benzene rings is 2. The first-order chi connectivity index (χ1) is 12.8. The number of halogens is 6. The molecule has 1 aromatic heterocycles. The molecule has 0 bridgehead atoms. The molecule has 2 aromatic carbocycles. The number of rotatable bonds is 4. The third-order valence-electron chi connectivity index (χ3n) is 3.78. The van der Waals surface area contributed by atoms with Crippen LogP contribution in [0.5, 0.6) is 0 Å². The van der Waals surface area contributed by atoms with Gasteiger partial charge in [-0.15, -0.1) is 0 Å². The summed E-state index contributed by atoms with van der Waals surface area (Å²) in [5.41, 5.74) is 1.25. The summed E-state index contributed by atoms with van der Waals surface area (Å²) >= 11 is 17.6. The highest BCUT2D eigenvalue weighted by Crippen LogP contribution is 2.41. The van der Waals surface area contributed by atoms with Crippen molar-refractivity contribution in [2.45, 2.75) is 12.1 Å². The first kappa shape index (κ1) is 19.7. The van der Waals surface area contributed by atoms with Gasteiger partial charge in [0, 0.05) is 0 Å². The first-order valence-electron chi connectivity index (χ1n) is 7.60. The molecular weight excluding hydrogens is 422 g/mol. The Morgan fingerprint density at radius 3 is 2.15 bits per heavy atom. The van der Waals surface area contributed by atoms with Gasteiger partial charge in [-0.05, 0) is 35.4 Å². The van der Waals surface area contributed by atoms with Gasteiger partial charge in [-0.3, -0.25) is 0 Å². The Morgan fingerprint density at radius 2 is 1.63 bits per heavy atom. The summed E-state index contributed by atoms with van der Waals surface area (Å²) in [7, 11) is 0. The van der Waals surface area contributed by atoms with Gasteiger partial charge >= 0.3 is 6.18 Å². The molecule has 0 aliphatic rings. The number of hydrogen-bond donors (Lipinski definition) is 0. The Bertz CT molecular complexity index is 929. The molecule has 3 rings (SSSR count). The SMILES string of the molecule is FC(F)(F)C(/C=C/c1ccc(-n2cncn2)cc1)c1cc(Cl)c(Cl)c(Cl)c1. The van der Waals surface area contributed by atoms with Crippen LogP contribution >= 0.6 is 34.8 Å². The van der Waals surface area contributed by atoms with E-state index in [9.17, 15) is 13.2 Å². The predicted octanol–water partition coefficient (Wildman–Crippen LogP) is 6.59. The van der Waals surface area contributed by atoms with Crippen molar-refractivity contribution in [2.75, 3.05) is 0 Å². The molecule has 0 aliphatic heterocycles. The summed E-state index contributed by atoms with van der Waals surface area (Å²) in [6.07, 6.45) is 0.848. The maximum atomic E-state index is 13.5. The van der Waals surface area contributed by atoms with Gasteiger partial charge in [0.15, 0.2) is 0 Å². The molecule has 140 valence electrons. The van der Waals surface area contributed by atoms with Gasteiger partial charge in [0.2, 0.25) is 0 Å². The number of alkyl halides is 3. The van der Waals surface area contributed by atoms with Crippen LogP contribution in [-0.2, 0) is 0 Å². The van der Waals surface area contributed by atoms with E-state index in [4.69, 9.17) is 34.8 Å². The van der Waals surface area contributed by atoms with Gasteiger partial charge in [0.1, 0.15) is 12.7 Å². The average molecular weight is 433 g/mol. The molecule has 0 radical (unpaired) electrons. The van der Waals surface area contributed by atoms with Crippen molar-refractivity contribution in [2.24, 2.45) is 0 Å². The smallest absolute Gasteiger partial charge is 0.223 e. The summed E-state index contributed by atoms with van der Waals surface area (Å²) in [5.74, 6) is -1.88. The highest BCUT2D eigenvalue weighted by Gasteiger charge is 2.39. The number of allylic oxidation sites excluding steroid dienone is 1. The van der Waals surface area contributed by atoms with Crippen LogP contribution in [0.15, 0.2) is 55.1 Å². The Hall–Kier alpha value is -2.02. The Labute approximate surface area is 168 Å². The molecule has 27 heavy (non-hydrogen) atoms. The van der Waals surface area contributed by atoms with Gasteiger partial charge in [-0.1, -0.05) is 59.1 Å². The number of nitrogens with zero attached hydrogens (tertiary/aromatic N) is 3. The fourth-order valence-corrected chi connectivity index (χ4v) is 3.06. The van der Waals surface area contributed by atoms with Gasteiger partial charge in [0.25, 0.3) is 0 Å². The van der Waals surface area contributed by atoms with Crippen LogP contribution in [-0.4, -0.2) is 20.9 Å². The second-order valence-electron chi connectivity index (χ2n) is 5.61. The fourth-order valence-electron chi connectivity index (χ4n) is 2.45. The molecule has 0 amide bonds. The van der Waals surface area contributed by atoms with Crippen molar-refractivity contribution >= 4 is 40.9 Å². The second kappa shape index (κ2) is 7.92. The van der Waals surface area contributed by atoms with E-state index in [0.29, 0.717) is 5.56 Å². The molecule has 1 heterocycles. The molecule has 3 aromatic rings. The molecule has 1 unspecified atom stereocenters. The van der Waals surface area contributed by atoms with Gasteiger partial charge in [0.05, 0.1) is 26.7 Å². The van der Waals surface area contributed by atoms with E-state index in [0.717, 1.165) is 11.8 Å². The molecule has 9 heteroatoms. The third kappa shape index (κ3) is 4.64. The normalized spacial score (nSPS) is 13.3. The molecule has 0 saturated carbocycles. The molecule has 1 atom stereocenters. The van der Waals surface area contributed by atoms with Crippen molar-refractivity contribution in [3.8, 4) is 5.69 Å². The Balaban J connectivity index is 1.89. The average Bonchev–Trinajstić information content (AvgIpc) is 3.14. The lowest BCUT2D eigenvalue weighted by molar-refractivity contribution is -0.139. The molecule has 0 saturated heterocycles.